The maximum absolute atomic E-state index is 10.9. The van der Waals surface area contributed by atoms with Crippen LogP contribution < -0.4 is 9.47 Å². The molecule has 1 N–H and O–H groups in total. The highest BCUT2D eigenvalue weighted by atomic mass is 16.5. The van der Waals surface area contributed by atoms with Gasteiger partial charge < -0.3 is 14.6 Å². The Kier molecular flexibility index (Phi) is 9.53. The molecule has 0 heterocycles. The van der Waals surface area contributed by atoms with Crippen molar-refractivity contribution in [3.05, 3.63) is 22.3 Å². The fourth-order valence-corrected chi connectivity index (χ4v) is 3.39. The fraction of sp³-hybridized carbons (Fsp3) is 0.682. The van der Waals surface area contributed by atoms with Gasteiger partial charge in [0, 0.05) is 5.56 Å². The largest absolute Gasteiger partial charge is 0.490 e. The van der Waals surface area contributed by atoms with E-state index >= 15 is 0 Å². The lowest BCUT2D eigenvalue weighted by Crippen LogP contribution is -2.16. The van der Waals surface area contributed by atoms with Gasteiger partial charge in [-0.2, -0.15) is 0 Å². The first-order valence-electron chi connectivity index (χ1n) is 9.97. The Morgan fingerprint density at radius 1 is 0.962 bits per heavy atom. The van der Waals surface area contributed by atoms with Crippen molar-refractivity contribution in [2.24, 2.45) is 0 Å². The van der Waals surface area contributed by atoms with Crippen molar-refractivity contribution in [2.45, 2.75) is 92.6 Å². The van der Waals surface area contributed by atoms with E-state index in [1.807, 2.05) is 20.8 Å². The predicted octanol–water partition coefficient (Wildman–Crippen LogP) is 5.77. The highest BCUT2D eigenvalue weighted by molar-refractivity contribution is 5.69. The summed E-state index contributed by atoms with van der Waals surface area (Å²) in [6.07, 6.45) is 8.39. The van der Waals surface area contributed by atoms with E-state index < -0.39 is 5.97 Å². The van der Waals surface area contributed by atoms with Gasteiger partial charge in [0.2, 0.25) is 0 Å². The topological polar surface area (TPSA) is 55.8 Å². The lowest BCUT2D eigenvalue weighted by molar-refractivity contribution is -0.139. The van der Waals surface area contributed by atoms with Gasteiger partial charge in [-0.15, -0.1) is 0 Å². The summed E-state index contributed by atoms with van der Waals surface area (Å²) in [7, 11) is 0. The summed E-state index contributed by atoms with van der Waals surface area (Å²) in [5.74, 6) is 0.670. The van der Waals surface area contributed by atoms with Crippen LogP contribution in [0.5, 0.6) is 11.5 Å². The number of unbranched alkanes of at least 4 members (excludes halogenated alkanes) is 4. The summed E-state index contributed by atoms with van der Waals surface area (Å²) in [5, 5.41) is 8.91. The second-order valence-electron chi connectivity index (χ2n) is 7.18. The quantitative estimate of drug-likeness (QED) is 0.479. The number of benzene rings is 1. The van der Waals surface area contributed by atoms with Crippen LogP contribution in [-0.4, -0.2) is 23.8 Å². The molecule has 0 aliphatic rings. The van der Waals surface area contributed by atoms with Gasteiger partial charge in [-0.05, 0) is 63.6 Å². The van der Waals surface area contributed by atoms with Crippen molar-refractivity contribution in [1.29, 1.82) is 0 Å². The van der Waals surface area contributed by atoms with E-state index in [0.717, 1.165) is 40.8 Å². The van der Waals surface area contributed by atoms with Crippen molar-refractivity contribution in [3.8, 4) is 11.5 Å². The van der Waals surface area contributed by atoms with E-state index in [2.05, 4.69) is 20.8 Å². The molecule has 4 heteroatoms. The van der Waals surface area contributed by atoms with Crippen LogP contribution in [0.1, 0.15) is 81.5 Å². The monoisotopic (exact) mass is 364 g/mol. The zero-order valence-corrected chi connectivity index (χ0v) is 17.4. The molecule has 26 heavy (non-hydrogen) atoms. The molecule has 1 aromatic carbocycles. The molecule has 0 fully saturated rings. The van der Waals surface area contributed by atoms with Gasteiger partial charge >= 0.3 is 5.97 Å². The third-order valence-corrected chi connectivity index (χ3v) is 5.04. The second kappa shape index (κ2) is 11.1. The lowest BCUT2D eigenvalue weighted by Gasteiger charge is -2.24. The van der Waals surface area contributed by atoms with Gasteiger partial charge in [0.05, 0.1) is 6.10 Å². The van der Waals surface area contributed by atoms with Crippen molar-refractivity contribution >= 4 is 5.97 Å². The molecular formula is C22H36O4. The lowest BCUT2D eigenvalue weighted by atomic mass is 9.95. The van der Waals surface area contributed by atoms with Crippen LogP contribution >= 0.6 is 0 Å². The molecule has 0 saturated heterocycles. The van der Waals surface area contributed by atoms with Crippen LogP contribution in [0.2, 0.25) is 0 Å². The summed E-state index contributed by atoms with van der Waals surface area (Å²) in [5.41, 5.74) is 4.12. The van der Waals surface area contributed by atoms with Crippen LogP contribution in [0.4, 0.5) is 0 Å². The molecule has 1 rings (SSSR count). The van der Waals surface area contributed by atoms with Gasteiger partial charge in [-0.3, -0.25) is 0 Å². The number of ether oxygens (including phenoxy) is 2. The highest BCUT2D eigenvalue weighted by Crippen LogP contribution is 2.39. The first-order valence-corrected chi connectivity index (χ1v) is 9.97. The van der Waals surface area contributed by atoms with Gasteiger partial charge in [0.1, 0.15) is 11.5 Å². The number of hydrogen-bond acceptors (Lipinski definition) is 3. The summed E-state index contributed by atoms with van der Waals surface area (Å²) in [6.45, 7) is 12.1. The van der Waals surface area contributed by atoms with Crippen LogP contribution in [0.15, 0.2) is 0 Å². The zero-order valence-electron chi connectivity index (χ0n) is 17.4. The molecule has 0 radical (unpaired) electrons. The molecule has 0 aliphatic carbocycles. The SMILES string of the molecule is CCCCCCCC(C)Oc1c(C)c(C)c(OCC(=O)O)c(C)c1CC. The minimum atomic E-state index is -0.962. The summed E-state index contributed by atoms with van der Waals surface area (Å²) in [6, 6.07) is 0. The number of carboxylic acids is 1. The Bertz CT molecular complexity index is 593. The maximum Gasteiger partial charge on any atom is 0.341 e. The molecule has 148 valence electrons. The van der Waals surface area contributed by atoms with E-state index in [1.54, 1.807) is 0 Å². The van der Waals surface area contributed by atoms with E-state index in [4.69, 9.17) is 14.6 Å². The number of carbonyl (C=O) groups is 1. The van der Waals surface area contributed by atoms with E-state index in [-0.39, 0.29) is 12.7 Å². The van der Waals surface area contributed by atoms with Gasteiger partial charge in [0.15, 0.2) is 6.61 Å². The van der Waals surface area contributed by atoms with Crippen LogP contribution in [0, 0.1) is 20.8 Å². The number of carboxylic acid groups (broad SMARTS) is 1. The third-order valence-electron chi connectivity index (χ3n) is 5.04. The first kappa shape index (κ1) is 22.3. The Hall–Kier alpha value is -1.71. The molecule has 4 nitrogen and oxygen atoms in total. The number of rotatable bonds is 12. The first-order chi connectivity index (χ1) is 12.3. The van der Waals surface area contributed by atoms with Crippen LogP contribution in [-0.2, 0) is 11.2 Å². The molecule has 0 bridgehead atoms. The van der Waals surface area contributed by atoms with E-state index in [1.165, 1.54) is 32.1 Å². The van der Waals surface area contributed by atoms with Gasteiger partial charge in [-0.1, -0.05) is 39.5 Å². The van der Waals surface area contributed by atoms with Gasteiger partial charge in [-0.25, -0.2) is 4.79 Å². The predicted molar refractivity (Wildman–Crippen MR) is 107 cm³/mol. The molecule has 0 saturated carbocycles. The highest BCUT2D eigenvalue weighted by Gasteiger charge is 2.20. The van der Waals surface area contributed by atoms with Crippen molar-refractivity contribution in [3.63, 3.8) is 0 Å². The Labute approximate surface area is 158 Å². The molecule has 1 atom stereocenters. The van der Waals surface area contributed by atoms with Crippen LogP contribution in [0.3, 0.4) is 0 Å². The van der Waals surface area contributed by atoms with Crippen molar-refractivity contribution in [2.75, 3.05) is 6.61 Å². The Morgan fingerprint density at radius 3 is 2.15 bits per heavy atom. The molecule has 1 unspecified atom stereocenters. The molecule has 0 aromatic heterocycles. The molecular weight excluding hydrogens is 328 g/mol. The van der Waals surface area contributed by atoms with E-state index in [0.29, 0.717) is 5.75 Å². The standard InChI is InChI=1S/C22H36O4/c1-7-9-10-11-12-13-15(3)26-22-17(5)16(4)21(25-14-20(23)24)18(6)19(22)8-2/h15H,7-14H2,1-6H3,(H,23,24). The summed E-state index contributed by atoms with van der Waals surface area (Å²) < 4.78 is 11.9. The zero-order chi connectivity index (χ0) is 19.7. The molecule has 0 amide bonds. The smallest absolute Gasteiger partial charge is 0.341 e. The van der Waals surface area contributed by atoms with Crippen molar-refractivity contribution < 1.29 is 19.4 Å². The molecule has 0 aliphatic heterocycles. The average Bonchev–Trinajstić information content (AvgIpc) is 2.59. The van der Waals surface area contributed by atoms with Crippen LogP contribution in [0.25, 0.3) is 0 Å². The van der Waals surface area contributed by atoms with E-state index in [9.17, 15) is 4.79 Å². The maximum atomic E-state index is 10.9. The average molecular weight is 365 g/mol. The number of hydrogen-bond donors (Lipinski definition) is 1. The van der Waals surface area contributed by atoms with Gasteiger partial charge in [0.25, 0.3) is 0 Å². The van der Waals surface area contributed by atoms with Crippen molar-refractivity contribution in [1.82, 2.24) is 0 Å². The Morgan fingerprint density at radius 2 is 1.58 bits per heavy atom. The third kappa shape index (κ3) is 6.22. The summed E-state index contributed by atoms with van der Waals surface area (Å²) >= 11 is 0. The minimum absolute atomic E-state index is 0.171. The molecule has 1 aromatic rings. The second-order valence-corrected chi connectivity index (χ2v) is 7.18. The molecule has 0 spiro atoms. The number of aliphatic carboxylic acids is 1. The summed E-state index contributed by atoms with van der Waals surface area (Å²) in [4.78, 5) is 10.9. The minimum Gasteiger partial charge on any atom is -0.490 e. The normalized spacial score (nSPS) is 12.1. The Balaban J connectivity index is 2.92. The fourth-order valence-electron chi connectivity index (χ4n) is 3.39.